The van der Waals surface area contributed by atoms with Gasteiger partial charge in [0.15, 0.2) is 12.2 Å². The fraction of sp³-hybridized carbons (Fsp3) is 0.944. The van der Waals surface area contributed by atoms with Gasteiger partial charge in [-0.15, -0.1) is 0 Å². The zero-order valence-electron chi connectivity index (χ0n) is 59.1. The first-order chi connectivity index (χ1) is 43.9. The number of phosphoric acid groups is 2. The fourth-order valence-corrected chi connectivity index (χ4v) is 12.5. The largest absolute Gasteiger partial charge is 0.472 e. The average molecular weight is 1340 g/mol. The summed E-state index contributed by atoms with van der Waals surface area (Å²) in [6.45, 7) is 9.56. The van der Waals surface area contributed by atoms with Gasteiger partial charge in [0.1, 0.15) is 19.3 Å². The SMILES string of the molecule is CCCCCCCCCCCCCCCCC(=O)OC[C@H](COP(=O)(O)OC[C@@H](O)COP(=O)(O)OC[C@@H](COC(=O)CCCCCCCCC(C)CC)OC(=O)CCCCCCCCCCCCCCC)OC(=O)CCCCCCCCCCCCC(C)CC. The van der Waals surface area contributed by atoms with Crippen molar-refractivity contribution in [1.82, 2.24) is 0 Å². The summed E-state index contributed by atoms with van der Waals surface area (Å²) < 4.78 is 68.4. The van der Waals surface area contributed by atoms with Crippen LogP contribution >= 0.6 is 15.6 Å². The molecule has 0 rings (SSSR count). The Labute approximate surface area is 556 Å². The van der Waals surface area contributed by atoms with Crippen molar-refractivity contribution in [3.63, 3.8) is 0 Å². The molecule has 0 fully saturated rings. The first-order valence-corrected chi connectivity index (χ1v) is 40.6. The Morgan fingerprint density at radius 3 is 0.780 bits per heavy atom. The van der Waals surface area contributed by atoms with Crippen LogP contribution in [0.5, 0.6) is 0 Å². The Kier molecular flexibility index (Phi) is 62.7. The molecule has 0 saturated carbocycles. The van der Waals surface area contributed by atoms with E-state index in [1.807, 2.05) is 0 Å². The minimum atomic E-state index is -4.95. The second-order valence-corrected chi connectivity index (χ2v) is 29.4. The lowest BCUT2D eigenvalue weighted by molar-refractivity contribution is -0.161. The summed E-state index contributed by atoms with van der Waals surface area (Å²) in [5.74, 6) is -0.586. The van der Waals surface area contributed by atoms with Gasteiger partial charge >= 0.3 is 39.5 Å². The van der Waals surface area contributed by atoms with E-state index in [1.165, 1.54) is 180 Å². The number of aliphatic hydroxyl groups is 1. The van der Waals surface area contributed by atoms with Crippen LogP contribution in [-0.4, -0.2) is 96.7 Å². The third kappa shape index (κ3) is 63.9. The molecule has 0 amide bonds. The van der Waals surface area contributed by atoms with Crippen LogP contribution in [0, 0.1) is 11.8 Å². The highest BCUT2D eigenvalue weighted by Crippen LogP contribution is 2.45. The molecule has 0 aliphatic rings. The molecular weight excluding hydrogens is 1200 g/mol. The first kappa shape index (κ1) is 89.1. The number of phosphoric ester groups is 2. The fourth-order valence-electron chi connectivity index (χ4n) is 10.9. The van der Waals surface area contributed by atoms with Gasteiger partial charge in [-0.3, -0.25) is 37.3 Å². The molecule has 0 aromatic heterocycles. The van der Waals surface area contributed by atoms with Crippen LogP contribution in [0.4, 0.5) is 0 Å². The molecule has 0 heterocycles. The number of hydrogen-bond donors (Lipinski definition) is 3. The molecule has 0 aromatic carbocycles. The third-order valence-electron chi connectivity index (χ3n) is 17.4. The van der Waals surface area contributed by atoms with Crippen molar-refractivity contribution in [3.05, 3.63) is 0 Å². The second kappa shape index (κ2) is 64.1. The summed E-state index contributed by atoms with van der Waals surface area (Å²) in [7, 11) is -9.90. The van der Waals surface area contributed by atoms with Gasteiger partial charge in [0.05, 0.1) is 26.4 Å². The topological polar surface area (TPSA) is 237 Å². The van der Waals surface area contributed by atoms with E-state index >= 15 is 0 Å². The van der Waals surface area contributed by atoms with Crippen molar-refractivity contribution >= 4 is 39.5 Å². The minimum absolute atomic E-state index is 0.107. The molecule has 0 aliphatic heterocycles. The van der Waals surface area contributed by atoms with Gasteiger partial charge in [0.2, 0.25) is 0 Å². The molecule has 0 saturated heterocycles. The number of unbranched alkanes of at least 4 members (excludes halogenated alkanes) is 39. The van der Waals surface area contributed by atoms with Crippen LogP contribution < -0.4 is 0 Å². The maximum Gasteiger partial charge on any atom is 0.472 e. The summed E-state index contributed by atoms with van der Waals surface area (Å²) in [4.78, 5) is 72.7. The van der Waals surface area contributed by atoms with Gasteiger partial charge in [-0.25, -0.2) is 9.13 Å². The van der Waals surface area contributed by atoms with Gasteiger partial charge in [-0.2, -0.15) is 0 Å². The smallest absolute Gasteiger partial charge is 0.462 e. The molecule has 3 N–H and O–H groups in total. The van der Waals surface area contributed by atoms with Crippen LogP contribution in [0.15, 0.2) is 0 Å². The molecule has 0 bridgehead atoms. The highest BCUT2D eigenvalue weighted by molar-refractivity contribution is 7.47. The Hall–Kier alpha value is -1.94. The van der Waals surface area contributed by atoms with Gasteiger partial charge in [-0.05, 0) is 37.5 Å². The lowest BCUT2D eigenvalue weighted by Gasteiger charge is -2.21. The molecule has 19 heteroatoms. The van der Waals surface area contributed by atoms with Gasteiger partial charge in [0, 0.05) is 25.7 Å². The molecule has 0 aromatic rings. The van der Waals surface area contributed by atoms with Crippen LogP contribution in [0.2, 0.25) is 0 Å². The number of aliphatic hydroxyl groups excluding tert-OH is 1. The molecule has 91 heavy (non-hydrogen) atoms. The first-order valence-electron chi connectivity index (χ1n) is 37.6. The van der Waals surface area contributed by atoms with Gasteiger partial charge < -0.3 is 33.8 Å². The zero-order valence-corrected chi connectivity index (χ0v) is 60.9. The molecule has 0 aliphatic carbocycles. The summed E-state index contributed by atoms with van der Waals surface area (Å²) in [5.41, 5.74) is 0. The van der Waals surface area contributed by atoms with E-state index in [9.17, 15) is 43.2 Å². The van der Waals surface area contributed by atoms with Crippen molar-refractivity contribution in [2.45, 2.75) is 387 Å². The van der Waals surface area contributed by atoms with Crippen molar-refractivity contribution in [2.24, 2.45) is 11.8 Å². The average Bonchev–Trinajstić information content (AvgIpc) is 3.69. The van der Waals surface area contributed by atoms with Crippen LogP contribution in [0.3, 0.4) is 0 Å². The van der Waals surface area contributed by atoms with E-state index in [2.05, 4.69) is 41.5 Å². The molecule has 7 atom stereocenters. The molecule has 17 nitrogen and oxygen atoms in total. The summed E-state index contributed by atoms with van der Waals surface area (Å²) in [6, 6.07) is 0. The summed E-state index contributed by atoms with van der Waals surface area (Å²) >= 11 is 0. The third-order valence-corrected chi connectivity index (χ3v) is 19.3. The standard InChI is InChI=1S/C72H140O17P2/c1-7-11-13-15-17-19-21-23-25-26-31-35-42-48-54-69(74)82-60-67(88-72(77)57-51-45-37-33-29-28-30-34-40-46-52-64(5)9-3)62-86-90(78,79)84-58-66(73)59-85-91(80,81)87-63-68(61-83-70(75)55-49-43-39-38-41-47-53-65(6)10-4)89-71(76)56-50-44-36-32-27-24-22-20-18-16-14-12-8-2/h64-68,73H,7-63H2,1-6H3,(H,78,79)(H,80,81)/t64?,65?,66-,67-,68-/m1/s1. The predicted octanol–water partition coefficient (Wildman–Crippen LogP) is 20.8. The monoisotopic (exact) mass is 1340 g/mol. The minimum Gasteiger partial charge on any atom is -0.462 e. The highest BCUT2D eigenvalue weighted by Gasteiger charge is 2.30. The number of carbonyl (C=O) groups excluding carboxylic acids is 4. The Bertz CT molecular complexity index is 1770. The number of esters is 4. The van der Waals surface area contributed by atoms with Gasteiger partial charge in [-0.1, -0.05) is 318 Å². The van der Waals surface area contributed by atoms with E-state index in [1.54, 1.807) is 0 Å². The van der Waals surface area contributed by atoms with Crippen LogP contribution in [0.1, 0.15) is 369 Å². The zero-order chi connectivity index (χ0) is 67.2. The number of rotatable bonds is 71. The molecule has 4 unspecified atom stereocenters. The maximum absolute atomic E-state index is 13.0. The quantitative estimate of drug-likeness (QED) is 0.0222. The van der Waals surface area contributed by atoms with Crippen molar-refractivity contribution in [1.29, 1.82) is 0 Å². The highest BCUT2D eigenvalue weighted by atomic mass is 31.2. The molecule has 0 radical (unpaired) electrons. The van der Waals surface area contributed by atoms with Crippen LogP contribution in [-0.2, 0) is 65.4 Å². The van der Waals surface area contributed by atoms with E-state index < -0.39 is 97.5 Å². The Morgan fingerprint density at radius 2 is 0.527 bits per heavy atom. The lowest BCUT2D eigenvalue weighted by Crippen LogP contribution is -2.30. The second-order valence-electron chi connectivity index (χ2n) is 26.5. The number of hydrogen-bond acceptors (Lipinski definition) is 15. The molecule has 540 valence electrons. The number of carbonyl (C=O) groups is 4. The van der Waals surface area contributed by atoms with E-state index in [4.69, 9.17) is 37.0 Å². The maximum atomic E-state index is 13.0. The normalized spacial score (nSPS) is 14.7. The van der Waals surface area contributed by atoms with Gasteiger partial charge in [0.25, 0.3) is 0 Å². The lowest BCUT2D eigenvalue weighted by atomic mass is 9.99. The summed E-state index contributed by atoms with van der Waals surface area (Å²) in [5, 5.41) is 10.6. The van der Waals surface area contributed by atoms with Crippen molar-refractivity contribution in [2.75, 3.05) is 39.6 Å². The molecular formula is C72H140O17P2. The van der Waals surface area contributed by atoms with E-state index in [-0.39, 0.29) is 25.7 Å². The van der Waals surface area contributed by atoms with Crippen LogP contribution in [0.25, 0.3) is 0 Å². The van der Waals surface area contributed by atoms with E-state index in [0.29, 0.717) is 25.7 Å². The molecule has 0 spiro atoms. The van der Waals surface area contributed by atoms with Crippen molar-refractivity contribution in [3.8, 4) is 0 Å². The van der Waals surface area contributed by atoms with E-state index in [0.717, 1.165) is 108 Å². The summed E-state index contributed by atoms with van der Waals surface area (Å²) in [6.07, 6.45) is 49.7. The Balaban J connectivity index is 5.26. The number of ether oxygens (including phenoxy) is 4. The van der Waals surface area contributed by atoms with Crippen molar-refractivity contribution < 1.29 is 80.2 Å². The predicted molar refractivity (Wildman–Crippen MR) is 368 cm³/mol. The Morgan fingerprint density at radius 1 is 0.308 bits per heavy atom.